The summed E-state index contributed by atoms with van der Waals surface area (Å²) >= 11 is 0. The lowest BCUT2D eigenvalue weighted by Crippen LogP contribution is -2.10. The van der Waals surface area contributed by atoms with Crippen LogP contribution in [0.4, 0.5) is 19.0 Å². The van der Waals surface area contributed by atoms with Crippen molar-refractivity contribution in [3.05, 3.63) is 89.9 Å². The second kappa shape index (κ2) is 9.89. The predicted octanol–water partition coefficient (Wildman–Crippen LogP) is 7.41. The zero-order chi connectivity index (χ0) is 27.0. The van der Waals surface area contributed by atoms with Crippen molar-refractivity contribution < 1.29 is 13.2 Å². The standard InChI is InChI=1S/C29H27F3N6/c1-17(2)21-8-5-6-9-22(21)26-36-25-23(10-7-15-33-25)27(37-26)34-18(3)19-11-13-20(14-12-19)28-35-24(16-38(28)4)29(30,31)32/h5-18H,1-4H3,(H,33,34,36,37)/t18-/m0/s1. The first-order valence-corrected chi connectivity index (χ1v) is 12.3. The first kappa shape index (κ1) is 25.4. The third-order valence-electron chi connectivity index (χ3n) is 6.48. The maximum Gasteiger partial charge on any atom is 0.434 e. The zero-order valence-electron chi connectivity index (χ0n) is 21.5. The Labute approximate surface area is 218 Å². The Morgan fingerprint density at radius 1 is 0.868 bits per heavy atom. The van der Waals surface area contributed by atoms with Gasteiger partial charge in [0.1, 0.15) is 11.6 Å². The van der Waals surface area contributed by atoms with E-state index in [1.54, 1.807) is 25.4 Å². The third kappa shape index (κ3) is 4.96. The minimum Gasteiger partial charge on any atom is -0.363 e. The third-order valence-corrected chi connectivity index (χ3v) is 6.48. The monoisotopic (exact) mass is 516 g/mol. The summed E-state index contributed by atoms with van der Waals surface area (Å²) in [5.41, 5.74) is 3.34. The van der Waals surface area contributed by atoms with Gasteiger partial charge in [-0.15, -0.1) is 0 Å². The molecule has 0 saturated heterocycles. The molecular weight excluding hydrogens is 489 g/mol. The molecule has 38 heavy (non-hydrogen) atoms. The van der Waals surface area contributed by atoms with Gasteiger partial charge in [0.05, 0.1) is 5.39 Å². The fourth-order valence-electron chi connectivity index (χ4n) is 4.48. The van der Waals surface area contributed by atoms with Crippen molar-refractivity contribution in [3.63, 3.8) is 0 Å². The van der Waals surface area contributed by atoms with Crippen LogP contribution in [0, 0.1) is 0 Å². The molecule has 5 rings (SSSR count). The molecule has 1 atom stereocenters. The number of nitrogens with zero attached hydrogens (tertiary/aromatic N) is 5. The summed E-state index contributed by atoms with van der Waals surface area (Å²) in [6.45, 7) is 6.28. The molecule has 5 aromatic rings. The highest BCUT2D eigenvalue weighted by Gasteiger charge is 2.34. The number of anilines is 1. The highest BCUT2D eigenvalue weighted by atomic mass is 19.4. The highest BCUT2D eigenvalue weighted by molar-refractivity contribution is 5.88. The van der Waals surface area contributed by atoms with E-state index < -0.39 is 11.9 Å². The number of imidazole rings is 1. The van der Waals surface area contributed by atoms with Crippen LogP contribution in [0.15, 0.2) is 73.1 Å². The lowest BCUT2D eigenvalue weighted by molar-refractivity contribution is -0.140. The van der Waals surface area contributed by atoms with Gasteiger partial charge in [0.25, 0.3) is 0 Å². The van der Waals surface area contributed by atoms with Crippen molar-refractivity contribution in [1.82, 2.24) is 24.5 Å². The van der Waals surface area contributed by atoms with Crippen LogP contribution in [-0.2, 0) is 13.2 Å². The number of nitrogens with one attached hydrogen (secondary N) is 1. The molecule has 0 aliphatic rings. The Bertz CT molecular complexity index is 1590. The van der Waals surface area contributed by atoms with Crippen LogP contribution in [0.2, 0.25) is 0 Å². The molecule has 3 aromatic heterocycles. The number of aryl methyl sites for hydroxylation is 1. The Hall–Kier alpha value is -4.27. The minimum atomic E-state index is -4.49. The number of hydrogen-bond acceptors (Lipinski definition) is 5. The molecule has 0 aliphatic carbocycles. The topological polar surface area (TPSA) is 68.5 Å². The highest BCUT2D eigenvalue weighted by Crippen LogP contribution is 2.33. The lowest BCUT2D eigenvalue weighted by atomic mass is 9.97. The summed E-state index contributed by atoms with van der Waals surface area (Å²) in [5, 5.41) is 4.29. The van der Waals surface area contributed by atoms with Gasteiger partial charge < -0.3 is 9.88 Å². The van der Waals surface area contributed by atoms with Gasteiger partial charge in [0.2, 0.25) is 0 Å². The van der Waals surface area contributed by atoms with Gasteiger partial charge in [0.15, 0.2) is 17.2 Å². The molecule has 0 fully saturated rings. The van der Waals surface area contributed by atoms with Crippen LogP contribution in [0.5, 0.6) is 0 Å². The molecule has 0 saturated carbocycles. The van der Waals surface area contributed by atoms with Crippen molar-refractivity contribution >= 4 is 16.9 Å². The molecule has 0 aliphatic heterocycles. The van der Waals surface area contributed by atoms with Crippen LogP contribution >= 0.6 is 0 Å². The molecule has 2 aromatic carbocycles. The molecule has 194 valence electrons. The van der Waals surface area contributed by atoms with Gasteiger partial charge in [-0.25, -0.2) is 19.9 Å². The van der Waals surface area contributed by atoms with Gasteiger partial charge in [-0.3, -0.25) is 0 Å². The molecule has 0 spiro atoms. The SMILES string of the molecule is CC(C)c1ccccc1-c1nc(N[C@@H](C)c2ccc(-c3nc(C(F)(F)F)cn3C)cc2)c2cccnc2n1. The Morgan fingerprint density at radius 3 is 2.29 bits per heavy atom. The maximum atomic E-state index is 13.1. The van der Waals surface area contributed by atoms with Crippen LogP contribution < -0.4 is 5.32 Å². The van der Waals surface area contributed by atoms with Crippen molar-refractivity contribution in [2.24, 2.45) is 7.05 Å². The van der Waals surface area contributed by atoms with Crippen LogP contribution in [0.1, 0.15) is 49.6 Å². The Balaban J connectivity index is 1.47. The summed E-state index contributed by atoms with van der Waals surface area (Å²) < 4.78 is 40.6. The van der Waals surface area contributed by atoms with Crippen LogP contribution in [0.3, 0.4) is 0 Å². The normalized spacial score (nSPS) is 12.7. The van der Waals surface area contributed by atoms with Crippen molar-refractivity contribution in [2.45, 2.75) is 38.9 Å². The van der Waals surface area contributed by atoms with E-state index in [1.807, 2.05) is 49.4 Å². The van der Waals surface area contributed by atoms with Crippen LogP contribution in [-0.4, -0.2) is 24.5 Å². The number of aromatic nitrogens is 5. The second-order valence-electron chi connectivity index (χ2n) is 9.56. The first-order valence-electron chi connectivity index (χ1n) is 12.3. The fraction of sp³-hybridized carbons (Fsp3) is 0.241. The quantitative estimate of drug-likeness (QED) is 0.255. The number of pyridine rings is 1. The van der Waals surface area contributed by atoms with Crippen molar-refractivity contribution in [1.29, 1.82) is 0 Å². The number of halogens is 3. The van der Waals surface area contributed by atoms with E-state index in [-0.39, 0.29) is 11.9 Å². The molecular formula is C29H27F3N6. The average molecular weight is 517 g/mol. The van der Waals surface area contributed by atoms with Gasteiger partial charge in [-0.1, -0.05) is 62.4 Å². The smallest absolute Gasteiger partial charge is 0.363 e. The second-order valence-corrected chi connectivity index (χ2v) is 9.56. The summed E-state index contributed by atoms with van der Waals surface area (Å²) in [7, 11) is 1.55. The maximum absolute atomic E-state index is 13.1. The summed E-state index contributed by atoms with van der Waals surface area (Å²) in [4.78, 5) is 17.9. The number of alkyl halides is 3. The molecule has 1 N–H and O–H groups in total. The van der Waals surface area contributed by atoms with Gasteiger partial charge in [-0.2, -0.15) is 13.2 Å². The molecule has 0 amide bonds. The number of benzene rings is 2. The number of rotatable bonds is 6. The largest absolute Gasteiger partial charge is 0.434 e. The fourth-order valence-corrected chi connectivity index (χ4v) is 4.48. The predicted molar refractivity (Wildman–Crippen MR) is 143 cm³/mol. The van der Waals surface area contributed by atoms with Crippen molar-refractivity contribution in [2.75, 3.05) is 5.32 Å². The number of fused-ring (bicyclic) bond motifs is 1. The molecule has 0 bridgehead atoms. The Morgan fingerprint density at radius 2 is 1.61 bits per heavy atom. The Kier molecular flexibility index (Phi) is 6.60. The summed E-state index contributed by atoms with van der Waals surface area (Å²) in [5.74, 6) is 1.81. The average Bonchev–Trinajstić information content (AvgIpc) is 3.31. The van der Waals surface area contributed by atoms with Crippen molar-refractivity contribution in [3.8, 4) is 22.8 Å². The molecule has 0 unspecified atom stereocenters. The zero-order valence-corrected chi connectivity index (χ0v) is 21.5. The van der Waals surface area contributed by atoms with E-state index in [1.165, 1.54) is 4.57 Å². The van der Waals surface area contributed by atoms with Gasteiger partial charge in [0, 0.05) is 36.6 Å². The minimum absolute atomic E-state index is 0.150. The van der Waals surface area contributed by atoms with E-state index in [0.717, 1.165) is 28.3 Å². The molecule has 6 nitrogen and oxygen atoms in total. The molecule has 9 heteroatoms. The van der Waals surface area contributed by atoms with E-state index >= 15 is 0 Å². The first-order chi connectivity index (χ1) is 18.1. The number of hydrogen-bond donors (Lipinski definition) is 1. The van der Waals surface area contributed by atoms with E-state index in [2.05, 4.69) is 35.2 Å². The van der Waals surface area contributed by atoms with Gasteiger partial charge in [-0.05, 0) is 36.1 Å². The van der Waals surface area contributed by atoms with E-state index in [4.69, 9.17) is 9.97 Å². The van der Waals surface area contributed by atoms with E-state index in [9.17, 15) is 13.2 Å². The van der Waals surface area contributed by atoms with Gasteiger partial charge >= 0.3 is 6.18 Å². The lowest BCUT2D eigenvalue weighted by Gasteiger charge is -2.18. The molecule has 3 heterocycles. The van der Waals surface area contributed by atoms with Crippen LogP contribution in [0.25, 0.3) is 33.8 Å². The van der Waals surface area contributed by atoms with E-state index in [0.29, 0.717) is 28.8 Å². The summed E-state index contributed by atoms with van der Waals surface area (Å²) in [6, 6.07) is 19.0. The summed E-state index contributed by atoms with van der Waals surface area (Å²) in [6.07, 6.45) is -1.78. The molecule has 0 radical (unpaired) electrons.